The zero-order chi connectivity index (χ0) is 13.1. The van der Waals surface area contributed by atoms with Gasteiger partial charge in [0.2, 0.25) is 0 Å². The average Bonchev–Trinajstić information content (AvgIpc) is 2.55. The van der Waals surface area contributed by atoms with Crippen LogP contribution in [0.25, 0.3) is 0 Å². The smallest absolute Gasteiger partial charge is 0.135 e. The Balaban J connectivity index is 0.000000686. The van der Waals surface area contributed by atoms with Crippen molar-refractivity contribution in [3.05, 3.63) is 29.8 Å². The van der Waals surface area contributed by atoms with Crippen molar-refractivity contribution in [3.8, 4) is 0 Å². The summed E-state index contributed by atoms with van der Waals surface area (Å²) in [4.78, 5) is 1.66. The van der Waals surface area contributed by atoms with Crippen LogP contribution >= 0.6 is 0 Å². The van der Waals surface area contributed by atoms with E-state index in [1.165, 1.54) is 18.7 Å². The second-order valence-corrected chi connectivity index (χ2v) is 5.26. The molecular weight excluding hydrogens is 206 g/mol. The monoisotopic (exact) mass is 234 g/mol. The van der Waals surface area contributed by atoms with Gasteiger partial charge in [-0.3, -0.25) is 4.90 Å². The van der Waals surface area contributed by atoms with Crippen LogP contribution in [0.4, 0.5) is 5.69 Å². The molecule has 2 unspecified atom stereocenters. The Labute approximate surface area is 107 Å². The number of rotatable bonds is 2. The number of hydrogen-bond donors (Lipinski definition) is 1. The van der Waals surface area contributed by atoms with E-state index in [2.05, 4.69) is 52.0 Å². The largest absolute Gasteiger partial charge is 0.299 e. The molecule has 1 aliphatic rings. The molecule has 0 saturated heterocycles. The zero-order valence-electron chi connectivity index (χ0n) is 12.3. The fourth-order valence-electron chi connectivity index (χ4n) is 2.85. The van der Waals surface area contributed by atoms with Gasteiger partial charge in [0.25, 0.3) is 0 Å². The van der Waals surface area contributed by atoms with Crippen molar-refractivity contribution in [1.29, 1.82) is 0 Å². The van der Waals surface area contributed by atoms with Crippen LogP contribution in [0, 0.1) is 0 Å². The van der Waals surface area contributed by atoms with Gasteiger partial charge in [-0.2, -0.15) is 0 Å². The molecule has 0 saturated carbocycles. The highest BCUT2D eigenvalue weighted by Crippen LogP contribution is 2.35. The Morgan fingerprint density at radius 3 is 2.35 bits per heavy atom. The summed E-state index contributed by atoms with van der Waals surface area (Å²) in [5, 5.41) is 0. The maximum Gasteiger partial charge on any atom is 0.135 e. The molecule has 0 aromatic heterocycles. The third-order valence-electron chi connectivity index (χ3n) is 4.09. The van der Waals surface area contributed by atoms with Gasteiger partial charge in [0.1, 0.15) is 5.69 Å². The zero-order valence-corrected chi connectivity index (χ0v) is 12.3. The molecule has 2 rings (SSSR count). The Morgan fingerprint density at radius 2 is 1.76 bits per heavy atom. The van der Waals surface area contributed by atoms with E-state index < -0.39 is 0 Å². The van der Waals surface area contributed by atoms with E-state index in [0.717, 1.165) is 0 Å². The first-order chi connectivity index (χ1) is 8.09. The van der Waals surface area contributed by atoms with E-state index in [-0.39, 0.29) is 0 Å². The number of nitrogens with one attached hydrogen (secondary N) is 1. The summed E-state index contributed by atoms with van der Waals surface area (Å²) in [6, 6.07) is 9.63. The number of quaternary nitrogens is 1. The molecule has 0 bridgehead atoms. The molecule has 1 heteroatoms. The lowest BCUT2D eigenvalue weighted by Gasteiger charge is -2.26. The van der Waals surface area contributed by atoms with Crippen LogP contribution in [0.2, 0.25) is 0 Å². The van der Waals surface area contributed by atoms with Crippen molar-refractivity contribution in [2.24, 2.45) is 0 Å². The fraction of sp³-hybridized carbons (Fsp3) is 0.625. The maximum absolute atomic E-state index is 2.38. The molecule has 0 spiro atoms. The first kappa shape index (κ1) is 14.2. The molecule has 1 nitrogen and oxygen atoms in total. The van der Waals surface area contributed by atoms with Crippen LogP contribution in [0.15, 0.2) is 24.3 Å². The second-order valence-electron chi connectivity index (χ2n) is 5.26. The van der Waals surface area contributed by atoms with Gasteiger partial charge in [0, 0.05) is 11.0 Å². The minimum absolute atomic E-state index is 0.321. The van der Waals surface area contributed by atoms with Gasteiger partial charge in [-0.1, -0.05) is 39.0 Å². The van der Waals surface area contributed by atoms with Crippen LogP contribution in [0.1, 0.15) is 53.5 Å². The third-order valence-corrected chi connectivity index (χ3v) is 4.09. The number of fused-ring (bicyclic) bond motifs is 1. The lowest BCUT2D eigenvalue weighted by molar-refractivity contribution is -0.855. The molecule has 2 atom stereocenters. The third kappa shape index (κ3) is 2.40. The topological polar surface area (TPSA) is 4.44 Å². The molecule has 0 radical (unpaired) electrons. The molecule has 96 valence electrons. The van der Waals surface area contributed by atoms with Crippen LogP contribution in [0.5, 0.6) is 0 Å². The number of para-hydroxylation sites is 1. The van der Waals surface area contributed by atoms with Gasteiger partial charge in [0.05, 0.1) is 12.6 Å². The molecule has 0 aliphatic carbocycles. The predicted molar refractivity (Wildman–Crippen MR) is 76.1 cm³/mol. The highest BCUT2D eigenvalue weighted by Gasteiger charge is 2.45. The van der Waals surface area contributed by atoms with Crippen LogP contribution < -0.4 is 4.90 Å². The summed E-state index contributed by atoms with van der Waals surface area (Å²) < 4.78 is 0. The molecule has 17 heavy (non-hydrogen) atoms. The minimum atomic E-state index is 0.321. The van der Waals surface area contributed by atoms with E-state index in [1.54, 1.807) is 10.5 Å². The number of benzene rings is 1. The molecule has 1 aromatic rings. The van der Waals surface area contributed by atoms with E-state index in [9.17, 15) is 0 Å². The predicted octanol–water partition coefficient (Wildman–Crippen LogP) is 3.32. The van der Waals surface area contributed by atoms with Gasteiger partial charge in [-0.05, 0) is 33.3 Å². The lowest BCUT2D eigenvalue weighted by atomic mass is 9.81. The average molecular weight is 234 g/mol. The summed E-state index contributed by atoms with van der Waals surface area (Å²) in [5.41, 5.74) is 3.39. The van der Waals surface area contributed by atoms with Crippen molar-refractivity contribution in [1.82, 2.24) is 0 Å². The first-order valence-electron chi connectivity index (χ1n) is 7.04. The minimum Gasteiger partial charge on any atom is -0.299 e. The second kappa shape index (κ2) is 5.68. The normalized spacial score (nSPS) is 24.8. The van der Waals surface area contributed by atoms with E-state index in [4.69, 9.17) is 0 Å². The Morgan fingerprint density at radius 1 is 1.18 bits per heavy atom. The van der Waals surface area contributed by atoms with E-state index in [0.29, 0.717) is 11.5 Å². The van der Waals surface area contributed by atoms with Crippen LogP contribution in [-0.4, -0.2) is 12.6 Å². The maximum atomic E-state index is 2.38. The van der Waals surface area contributed by atoms with Gasteiger partial charge >= 0.3 is 0 Å². The molecule has 1 N–H and O–H groups in total. The summed E-state index contributed by atoms with van der Waals surface area (Å²) in [6.07, 6.45) is 1.25. The molecular formula is C16H28N+. The summed E-state index contributed by atoms with van der Waals surface area (Å²) in [7, 11) is 0. The van der Waals surface area contributed by atoms with Gasteiger partial charge in [-0.15, -0.1) is 0 Å². The molecule has 1 heterocycles. The summed E-state index contributed by atoms with van der Waals surface area (Å²) in [6.45, 7) is 14.7. The van der Waals surface area contributed by atoms with Gasteiger partial charge < -0.3 is 0 Å². The van der Waals surface area contributed by atoms with Crippen molar-refractivity contribution in [3.63, 3.8) is 0 Å². The first-order valence-corrected chi connectivity index (χ1v) is 7.04. The highest BCUT2D eigenvalue weighted by molar-refractivity contribution is 5.48. The van der Waals surface area contributed by atoms with Crippen molar-refractivity contribution in [2.45, 2.75) is 59.4 Å². The molecule has 1 aromatic carbocycles. The van der Waals surface area contributed by atoms with Gasteiger partial charge in [0.15, 0.2) is 0 Å². The van der Waals surface area contributed by atoms with Crippen molar-refractivity contribution >= 4 is 5.69 Å². The Bertz CT molecular complexity index is 354. The van der Waals surface area contributed by atoms with Crippen LogP contribution in [0.3, 0.4) is 0 Å². The van der Waals surface area contributed by atoms with Crippen LogP contribution in [-0.2, 0) is 5.41 Å². The summed E-state index contributed by atoms with van der Waals surface area (Å²) in [5.74, 6) is 0. The molecule has 1 aliphatic heterocycles. The van der Waals surface area contributed by atoms with Crippen molar-refractivity contribution in [2.75, 3.05) is 6.54 Å². The Kier molecular flexibility index (Phi) is 4.76. The Hall–Kier alpha value is -0.820. The van der Waals surface area contributed by atoms with E-state index in [1.807, 2.05) is 13.8 Å². The fourth-order valence-corrected chi connectivity index (χ4v) is 2.85. The SMILES string of the molecule is CC.CCC[NH+]1c2ccccc2C(C)(C)C1C. The van der Waals surface area contributed by atoms with Gasteiger partial charge in [-0.25, -0.2) is 0 Å². The molecule has 0 amide bonds. The summed E-state index contributed by atoms with van der Waals surface area (Å²) >= 11 is 0. The standard InChI is InChI=1S/C14H21N.C2H6/c1-5-10-15-11(2)14(3,4)12-8-6-7-9-13(12)15;1-2/h6-9,11H,5,10H2,1-4H3;1-2H3/p+1. The van der Waals surface area contributed by atoms with Crippen molar-refractivity contribution < 1.29 is 4.90 Å². The highest BCUT2D eigenvalue weighted by atomic mass is 15.2. The molecule has 0 fully saturated rings. The van der Waals surface area contributed by atoms with E-state index >= 15 is 0 Å². The quantitative estimate of drug-likeness (QED) is 0.800. The lowest BCUT2D eigenvalue weighted by Crippen LogP contribution is -3.10. The number of hydrogen-bond acceptors (Lipinski definition) is 0.